The highest BCUT2D eigenvalue weighted by Gasteiger charge is 2.27. The average molecular weight is 334 g/mol. The second-order valence-corrected chi connectivity index (χ2v) is 6.13. The molecule has 1 aromatic carbocycles. The van der Waals surface area contributed by atoms with Gasteiger partial charge in [-0.1, -0.05) is 18.2 Å². The number of nitrogens with one attached hydrogen (secondary N) is 1. The Hall–Kier alpha value is -3.08. The van der Waals surface area contributed by atoms with Gasteiger partial charge in [-0.25, -0.2) is 0 Å². The summed E-state index contributed by atoms with van der Waals surface area (Å²) in [6, 6.07) is 11.7. The zero-order valence-corrected chi connectivity index (χ0v) is 13.9. The van der Waals surface area contributed by atoms with E-state index in [4.69, 9.17) is 9.15 Å². The lowest BCUT2D eigenvalue weighted by atomic mass is 10.0. The summed E-state index contributed by atoms with van der Waals surface area (Å²) in [5.41, 5.74) is 4.70. The third-order valence-corrected chi connectivity index (χ3v) is 4.37. The molecular weight excluding hydrogens is 316 g/mol. The van der Waals surface area contributed by atoms with Gasteiger partial charge in [0.05, 0.1) is 24.1 Å². The number of carbonyl (C=O) groups is 1. The first-order valence-electron chi connectivity index (χ1n) is 8.23. The van der Waals surface area contributed by atoms with Gasteiger partial charge in [0, 0.05) is 18.2 Å². The fourth-order valence-electron chi connectivity index (χ4n) is 3.11. The van der Waals surface area contributed by atoms with Gasteiger partial charge in [-0.2, -0.15) is 0 Å². The maximum Gasteiger partial charge on any atom is 0.254 e. The summed E-state index contributed by atoms with van der Waals surface area (Å²) < 4.78 is 11.1. The van der Waals surface area contributed by atoms with E-state index in [9.17, 15) is 4.79 Å². The SMILES string of the molecule is Cc1cccnc1-c1cccc2c1O[C@@H](CNC(=O)c1ccoc1)C2. The van der Waals surface area contributed by atoms with Crippen LogP contribution >= 0.6 is 0 Å². The van der Waals surface area contributed by atoms with E-state index in [1.165, 1.54) is 12.5 Å². The second kappa shape index (κ2) is 6.43. The predicted octanol–water partition coefficient (Wildman–Crippen LogP) is 3.38. The molecule has 5 nitrogen and oxygen atoms in total. The second-order valence-electron chi connectivity index (χ2n) is 6.13. The molecule has 1 N–H and O–H groups in total. The van der Waals surface area contributed by atoms with Crippen molar-refractivity contribution >= 4 is 5.91 Å². The minimum atomic E-state index is -0.158. The molecule has 126 valence electrons. The Morgan fingerprint density at radius 3 is 3.00 bits per heavy atom. The molecule has 0 bridgehead atoms. The Bertz CT molecular complexity index is 903. The van der Waals surface area contributed by atoms with Crippen LogP contribution in [0.4, 0.5) is 0 Å². The van der Waals surface area contributed by atoms with Crippen LogP contribution in [0.3, 0.4) is 0 Å². The molecule has 25 heavy (non-hydrogen) atoms. The van der Waals surface area contributed by atoms with Crippen molar-refractivity contribution in [2.75, 3.05) is 6.54 Å². The van der Waals surface area contributed by atoms with Gasteiger partial charge in [-0.3, -0.25) is 9.78 Å². The Morgan fingerprint density at radius 1 is 1.28 bits per heavy atom. The van der Waals surface area contributed by atoms with Crippen LogP contribution in [0.2, 0.25) is 0 Å². The number of rotatable bonds is 4. The molecule has 5 heteroatoms. The fourth-order valence-corrected chi connectivity index (χ4v) is 3.11. The highest BCUT2D eigenvalue weighted by Crippen LogP contribution is 2.38. The third-order valence-electron chi connectivity index (χ3n) is 4.37. The van der Waals surface area contributed by atoms with Crippen molar-refractivity contribution in [3.63, 3.8) is 0 Å². The van der Waals surface area contributed by atoms with Crippen molar-refractivity contribution in [3.05, 3.63) is 71.8 Å². The molecule has 1 atom stereocenters. The molecule has 0 fully saturated rings. The highest BCUT2D eigenvalue weighted by molar-refractivity contribution is 5.93. The lowest BCUT2D eigenvalue weighted by molar-refractivity contribution is 0.0933. The van der Waals surface area contributed by atoms with Crippen molar-refractivity contribution in [3.8, 4) is 17.0 Å². The number of nitrogens with zero attached hydrogens (tertiary/aromatic N) is 1. The smallest absolute Gasteiger partial charge is 0.254 e. The number of carbonyl (C=O) groups excluding carboxylic acids is 1. The first-order valence-corrected chi connectivity index (χ1v) is 8.23. The standard InChI is InChI=1S/C20H18N2O3/c1-13-4-3-8-21-18(13)17-6-2-5-14-10-16(25-19(14)17)11-22-20(23)15-7-9-24-12-15/h2-9,12,16H,10-11H2,1H3,(H,22,23)/t16-/m1/s1. The minimum absolute atomic E-state index is 0.0870. The molecule has 0 radical (unpaired) electrons. The number of furan rings is 1. The monoisotopic (exact) mass is 334 g/mol. The summed E-state index contributed by atoms with van der Waals surface area (Å²) in [6.45, 7) is 2.48. The van der Waals surface area contributed by atoms with Crippen molar-refractivity contribution in [2.45, 2.75) is 19.4 Å². The number of pyridine rings is 1. The number of amides is 1. The number of hydrogen-bond donors (Lipinski definition) is 1. The summed E-state index contributed by atoms with van der Waals surface area (Å²) in [5.74, 6) is 0.709. The number of aryl methyl sites for hydroxylation is 1. The van der Waals surface area contributed by atoms with Crippen LogP contribution in [0.25, 0.3) is 11.3 Å². The van der Waals surface area contributed by atoms with Gasteiger partial charge in [0.1, 0.15) is 18.1 Å². The molecule has 0 spiro atoms. The third kappa shape index (κ3) is 3.01. The first-order chi connectivity index (χ1) is 12.2. The zero-order chi connectivity index (χ0) is 17.2. The minimum Gasteiger partial charge on any atom is -0.487 e. The quantitative estimate of drug-likeness (QED) is 0.794. The van der Waals surface area contributed by atoms with Gasteiger partial charge in [0.15, 0.2) is 0 Å². The van der Waals surface area contributed by atoms with Gasteiger partial charge in [-0.15, -0.1) is 0 Å². The summed E-state index contributed by atoms with van der Waals surface area (Å²) in [7, 11) is 0. The molecule has 0 saturated heterocycles. The number of hydrogen-bond acceptors (Lipinski definition) is 4. The molecule has 2 aromatic heterocycles. The highest BCUT2D eigenvalue weighted by atomic mass is 16.5. The topological polar surface area (TPSA) is 64.4 Å². The molecule has 4 rings (SSSR count). The number of benzene rings is 1. The number of aromatic nitrogens is 1. The maximum atomic E-state index is 12.0. The van der Waals surface area contributed by atoms with Crippen LogP contribution in [0, 0.1) is 6.92 Å². The molecular formula is C20H18N2O3. The van der Waals surface area contributed by atoms with E-state index in [2.05, 4.69) is 16.4 Å². The molecule has 0 unspecified atom stereocenters. The van der Waals surface area contributed by atoms with Crippen LogP contribution in [-0.4, -0.2) is 23.5 Å². The molecule has 0 saturated carbocycles. The number of fused-ring (bicyclic) bond motifs is 1. The first kappa shape index (κ1) is 15.4. The zero-order valence-electron chi connectivity index (χ0n) is 13.9. The molecule has 1 aliphatic rings. The number of ether oxygens (including phenoxy) is 1. The van der Waals surface area contributed by atoms with Gasteiger partial charge < -0.3 is 14.5 Å². The Kier molecular flexibility index (Phi) is 3.98. The normalized spacial score (nSPS) is 15.5. The van der Waals surface area contributed by atoms with E-state index in [1.807, 2.05) is 31.2 Å². The Balaban J connectivity index is 1.50. The van der Waals surface area contributed by atoms with E-state index < -0.39 is 0 Å². The molecule has 3 heterocycles. The fraction of sp³-hybridized carbons (Fsp3) is 0.200. The Labute approximate surface area is 145 Å². The van der Waals surface area contributed by atoms with E-state index in [1.54, 1.807) is 12.3 Å². The largest absolute Gasteiger partial charge is 0.487 e. The van der Waals surface area contributed by atoms with Crippen molar-refractivity contribution < 1.29 is 13.9 Å². The average Bonchev–Trinajstić information content (AvgIpc) is 3.29. The molecule has 1 amide bonds. The van der Waals surface area contributed by atoms with Gasteiger partial charge in [0.2, 0.25) is 0 Å². The van der Waals surface area contributed by atoms with Crippen molar-refractivity contribution in [1.29, 1.82) is 0 Å². The van der Waals surface area contributed by atoms with Crippen LogP contribution in [0.1, 0.15) is 21.5 Å². The lowest BCUT2D eigenvalue weighted by Crippen LogP contribution is -2.34. The van der Waals surface area contributed by atoms with Crippen LogP contribution in [0.5, 0.6) is 5.75 Å². The van der Waals surface area contributed by atoms with Gasteiger partial charge >= 0.3 is 0 Å². The summed E-state index contributed by atoms with van der Waals surface area (Å²) in [5, 5.41) is 2.89. The van der Waals surface area contributed by atoms with Crippen molar-refractivity contribution in [1.82, 2.24) is 10.3 Å². The maximum absolute atomic E-state index is 12.0. The van der Waals surface area contributed by atoms with Crippen LogP contribution in [-0.2, 0) is 6.42 Å². The molecule has 3 aromatic rings. The lowest BCUT2D eigenvalue weighted by Gasteiger charge is -2.13. The molecule has 1 aliphatic heterocycles. The summed E-state index contributed by atoms with van der Waals surface area (Å²) in [4.78, 5) is 16.5. The van der Waals surface area contributed by atoms with Crippen LogP contribution < -0.4 is 10.1 Å². The predicted molar refractivity (Wildman–Crippen MR) is 93.6 cm³/mol. The summed E-state index contributed by atoms with van der Waals surface area (Å²) >= 11 is 0. The van der Waals surface area contributed by atoms with E-state index in [0.717, 1.165) is 34.6 Å². The van der Waals surface area contributed by atoms with E-state index >= 15 is 0 Å². The summed E-state index contributed by atoms with van der Waals surface area (Å²) in [6.07, 6.45) is 5.39. The molecule has 0 aliphatic carbocycles. The van der Waals surface area contributed by atoms with E-state index in [0.29, 0.717) is 12.1 Å². The van der Waals surface area contributed by atoms with Crippen molar-refractivity contribution in [2.24, 2.45) is 0 Å². The van der Waals surface area contributed by atoms with Gasteiger partial charge in [-0.05, 0) is 36.2 Å². The van der Waals surface area contributed by atoms with Crippen LogP contribution in [0.15, 0.2) is 59.5 Å². The number of para-hydroxylation sites is 1. The Morgan fingerprint density at radius 2 is 2.20 bits per heavy atom. The van der Waals surface area contributed by atoms with Gasteiger partial charge in [0.25, 0.3) is 5.91 Å². The van der Waals surface area contributed by atoms with E-state index in [-0.39, 0.29) is 12.0 Å².